The topological polar surface area (TPSA) is 72.2 Å². The highest BCUT2D eigenvalue weighted by atomic mass is 32.2. The molecular weight excluding hydrogens is 288 g/mol. The summed E-state index contributed by atoms with van der Waals surface area (Å²) in [4.78, 5) is 4.10. The van der Waals surface area contributed by atoms with Crippen molar-refractivity contribution in [2.24, 2.45) is 0 Å². The van der Waals surface area contributed by atoms with Crippen LogP contribution in [0.2, 0.25) is 0 Å². The van der Waals surface area contributed by atoms with E-state index < -0.39 is 9.84 Å². The van der Waals surface area contributed by atoms with Crippen molar-refractivity contribution in [1.29, 1.82) is 0 Å². The third kappa shape index (κ3) is 5.23. The number of nitrogens with zero attached hydrogens (tertiary/aromatic N) is 2. The second-order valence-corrected chi connectivity index (χ2v) is 7.37. The largest absolute Gasteiger partial charge is 0.508 e. The Labute approximate surface area is 125 Å². The van der Waals surface area contributed by atoms with Crippen molar-refractivity contribution in [3.8, 4) is 5.75 Å². The van der Waals surface area contributed by atoms with Crippen LogP contribution >= 0.6 is 0 Å². The molecule has 1 aromatic heterocycles. The van der Waals surface area contributed by atoms with Crippen LogP contribution in [0, 0.1) is 0 Å². The summed E-state index contributed by atoms with van der Waals surface area (Å²) in [7, 11) is -3.05. The van der Waals surface area contributed by atoms with E-state index in [9.17, 15) is 13.5 Å². The van der Waals surface area contributed by atoms with E-state index in [-0.39, 0.29) is 11.5 Å². The second-order valence-electron chi connectivity index (χ2n) is 5.23. The Morgan fingerprint density at radius 1 is 1.19 bits per heavy atom. The van der Waals surface area contributed by atoms with Crippen LogP contribution in [0.5, 0.6) is 5.75 Å². The van der Waals surface area contributed by atoms with Crippen LogP contribution in [0.3, 0.4) is 0 Å². The van der Waals surface area contributed by atoms with Gasteiger partial charge in [0.05, 0.1) is 0 Å². The zero-order chi connectivity index (χ0) is 15.3. The minimum atomic E-state index is -3.05. The molecule has 0 saturated heterocycles. The summed E-state index contributed by atoms with van der Waals surface area (Å²) in [5.74, 6) is 0.863. The van der Waals surface area contributed by atoms with Crippen LogP contribution in [0.25, 0.3) is 0 Å². The molecule has 0 fully saturated rings. The van der Waals surface area contributed by atoms with Crippen LogP contribution in [0.15, 0.2) is 36.7 Å². The molecule has 2 aromatic rings. The number of benzene rings is 1. The number of aromatic hydroxyl groups is 1. The Morgan fingerprint density at radius 2 is 1.90 bits per heavy atom. The van der Waals surface area contributed by atoms with Crippen LogP contribution in [0.4, 0.5) is 0 Å². The predicted octanol–water partition coefficient (Wildman–Crippen LogP) is 2.16. The Bertz CT molecular complexity index is 675. The van der Waals surface area contributed by atoms with Gasteiger partial charge in [0.25, 0.3) is 0 Å². The minimum absolute atomic E-state index is 0.0159. The summed E-state index contributed by atoms with van der Waals surface area (Å²) in [6.07, 6.45) is 7.57. The average Bonchev–Trinajstić information content (AvgIpc) is 2.82. The van der Waals surface area contributed by atoms with E-state index in [1.54, 1.807) is 18.3 Å². The number of hydrogen-bond donors (Lipinski definition) is 1. The Hall–Kier alpha value is -1.82. The molecule has 5 nitrogen and oxygen atoms in total. The summed E-state index contributed by atoms with van der Waals surface area (Å²) in [5.41, 5.74) is 1.19. The Kier molecular flexibility index (Phi) is 5.01. The maximum absolute atomic E-state index is 11.3. The number of aromatic nitrogens is 2. The summed E-state index contributed by atoms with van der Waals surface area (Å²) in [6.45, 7) is 0.767. The fourth-order valence-electron chi connectivity index (χ4n) is 2.19. The Balaban J connectivity index is 1.81. The lowest BCUT2D eigenvalue weighted by Crippen LogP contribution is -2.09. The molecule has 1 heterocycles. The SMILES string of the molecule is CS(=O)(=O)Cc1nccn1CCCCc1ccc(O)cc1. The van der Waals surface area contributed by atoms with Gasteiger partial charge in [-0.05, 0) is 37.0 Å². The zero-order valence-electron chi connectivity index (χ0n) is 12.1. The van der Waals surface area contributed by atoms with E-state index in [0.29, 0.717) is 5.82 Å². The van der Waals surface area contributed by atoms with Crippen molar-refractivity contribution < 1.29 is 13.5 Å². The van der Waals surface area contributed by atoms with Gasteiger partial charge in [0.15, 0.2) is 9.84 Å². The van der Waals surface area contributed by atoms with E-state index in [0.717, 1.165) is 25.8 Å². The van der Waals surface area contributed by atoms with Crippen molar-refractivity contribution in [2.75, 3.05) is 6.26 Å². The highest BCUT2D eigenvalue weighted by Gasteiger charge is 2.10. The van der Waals surface area contributed by atoms with E-state index in [1.165, 1.54) is 11.8 Å². The standard InChI is InChI=1S/C15H20N2O3S/c1-21(19,20)12-15-16-9-11-17(15)10-3-2-4-13-5-7-14(18)8-6-13/h5-9,11,18H,2-4,10,12H2,1H3. The van der Waals surface area contributed by atoms with E-state index in [4.69, 9.17) is 0 Å². The summed E-state index contributed by atoms with van der Waals surface area (Å²) in [6, 6.07) is 7.22. The van der Waals surface area contributed by atoms with E-state index in [1.807, 2.05) is 22.9 Å². The molecule has 1 aromatic carbocycles. The van der Waals surface area contributed by atoms with E-state index >= 15 is 0 Å². The van der Waals surface area contributed by atoms with Crippen LogP contribution in [-0.4, -0.2) is 29.3 Å². The molecule has 6 heteroatoms. The molecule has 0 atom stereocenters. The summed E-state index contributed by atoms with van der Waals surface area (Å²) in [5, 5.41) is 9.22. The smallest absolute Gasteiger partial charge is 0.154 e. The molecule has 0 bridgehead atoms. The minimum Gasteiger partial charge on any atom is -0.508 e. The monoisotopic (exact) mass is 308 g/mol. The maximum atomic E-state index is 11.3. The van der Waals surface area contributed by atoms with Crippen LogP contribution in [0.1, 0.15) is 24.2 Å². The molecule has 0 amide bonds. The number of imidazole rings is 1. The van der Waals surface area contributed by atoms with Crippen molar-refractivity contribution in [3.63, 3.8) is 0 Å². The van der Waals surface area contributed by atoms with E-state index in [2.05, 4.69) is 4.98 Å². The highest BCUT2D eigenvalue weighted by molar-refractivity contribution is 7.89. The van der Waals surface area contributed by atoms with Crippen molar-refractivity contribution in [1.82, 2.24) is 9.55 Å². The number of phenolic OH excluding ortho intramolecular Hbond substituents is 1. The molecule has 0 unspecified atom stereocenters. The first kappa shape index (κ1) is 15.6. The van der Waals surface area contributed by atoms with Gasteiger partial charge in [0, 0.05) is 25.2 Å². The Morgan fingerprint density at radius 3 is 2.57 bits per heavy atom. The molecule has 1 N–H and O–H groups in total. The first-order valence-corrected chi connectivity index (χ1v) is 8.96. The zero-order valence-corrected chi connectivity index (χ0v) is 12.9. The van der Waals surface area contributed by atoms with Gasteiger partial charge in [0.2, 0.25) is 0 Å². The number of aryl methyl sites for hydroxylation is 2. The number of sulfone groups is 1. The molecule has 0 radical (unpaired) electrons. The number of hydrogen-bond acceptors (Lipinski definition) is 4. The van der Waals surface area contributed by atoms with Crippen molar-refractivity contribution in [3.05, 3.63) is 48.0 Å². The summed E-state index contributed by atoms with van der Waals surface area (Å²) < 4.78 is 24.5. The van der Waals surface area contributed by atoms with Crippen molar-refractivity contribution in [2.45, 2.75) is 31.6 Å². The third-order valence-electron chi connectivity index (χ3n) is 3.24. The fraction of sp³-hybridized carbons (Fsp3) is 0.400. The van der Waals surface area contributed by atoms with Gasteiger partial charge >= 0.3 is 0 Å². The van der Waals surface area contributed by atoms with Gasteiger partial charge in [-0.25, -0.2) is 13.4 Å². The lowest BCUT2D eigenvalue weighted by atomic mass is 10.1. The molecule has 21 heavy (non-hydrogen) atoms. The lowest BCUT2D eigenvalue weighted by Gasteiger charge is -2.07. The number of rotatable bonds is 7. The molecule has 0 aliphatic rings. The van der Waals surface area contributed by atoms with Crippen LogP contribution < -0.4 is 0 Å². The number of unbranched alkanes of at least 4 members (excludes halogenated alkanes) is 1. The van der Waals surface area contributed by atoms with Gasteiger partial charge < -0.3 is 9.67 Å². The molecule has 114 valence electrons. The molecule has 0 aliphatic heterocycles. The molecule has 0 aliphatic carbocycles. The maximum Gasteiger partial charge on any atom is 0.154 e. The third-order valence-corrected chi connectivity index (χ3v) is 4.03. The van der Waals surface area contributed by atoms with Gasteiger partial charge in [0.1, 0.15) is 17.3 Å². The molecule has 2 rings (SSSR count). The van der Waals surface area contributed by atoms with Gasteiger partial charge in [-0.15, -0.1) is 0 Å². The predicted molar refractivity (Wildman–Crippen MR) is 81.8 cm³/mol. The first-order valence-electron chi connectivity index (χ1n) is 6.90. The van der Waals surface area contributed by atoms with Gasteiger partial charge in [-0.2, -0.15) is 0 Å². The summed E-state index contributed by atoms with van der Waals surface area (Å²) >= 11 is 0. The molecule has 0 saturated carbocycles. The highest BCUT2D eigenvalue weighted by Crippen LogP contribution is 2.12. The van der Waals surface area contributed by atoms with Gasteiger partial charge in [-0.1, -0.05) is 12.1 Å². The normalized spacial score (nSPS) is 11.7. The van der Waals surface area contributed by atoms with Gasteiger partial charge in [-0.3, -0.25) is 0 Å². The first-order chi connectivity index (χ1) is 9.94. The fourth-order valence-corrected chi connectivity index (χ4v) is 2.90. The second kappa shape index (κ2) is 6.76. The van der Waals surface area contributed by atoms with Crippen LogP contribution in [-0.2, 0) is 28.6 Å². The molecule has 0 spiro atoms. The lowest BCUT2D eigenvalue weighted by molar-refractivity contribution is 0.475. The molecular formula is C15H20N2O3S. The van der Waals surface area contributed by atoms with Crippen molar-refractivity contribution >= 4 is 9.84 Å². The quantitative estimate of drug-likeness (QED) is 0.796. The number of phenols is 1. The average molecular weight is 308 g/mol.